The second kappa shape index (κ2) is 4.37. The van der Waals surface area contributed by atoms with Crippen molar-refractivity contribution >= 4 is 9.84 Å². The van der Waals surface area contributed by atoms with E-state index in [4.69, 9.17) is 0 Å². The molecule has 0 bridgehead atoms. The first-order valence-electron chi connectivity index (χ1n) is 5.31. The first-order chi connectivity index (χ1) is 6.72. The Bertz CT molecular complexity index is 315. The summed E-state index contributed by atoms with van der Waals surface area (Å²) in [5.74, 6) is -0.0727. The van der Waals surface area contributed by atoms with Crippen molar-refractivity contribution in [3.63, 3.8) is 0 Å². The maximum atomic E-state index is 13.7. The summed E-state index contributed by atoms with van der Waals surface area (Å²) < 4.78 is 36.1. The molecule has 1 aliphatic rings. The fourth-order valence-corrected chi connectivity index (χ4v) is 3.51. The van der Waals surface area contributed by atoms with Crippen molar-refractivity contribution in [2.45, 2.75) is 51.5 Å². The number of halogens is 1. The van der Waals surface area contributed by atoms with E-state index in [-0.39, 0.29) is 17.8 Å². The van der Waals surface area contributed by atoms with Gasteiger partial charge in [0.2, 0.25) is 0 Å². The van der Waals surface area contributed by atoms with E-state index >= 15 is 0 Å². The molecule has 0 aromatic heterocycles. The number of nitrogens with zero attached hydrogens (tertiary/aromatic N) is 1. The molecule has 3 atom stereocenters. The Morgan fingerprint density at radius 2 is 2.00 bits per heavy atom. The van der Waals surface area contributed by atoms with Crippen LogP contribution in [0.25, 0.3) is 0 Å². The number of likely N-dealkylation sites (tertiary alicyclic amines) is 1. The average molecular weight is 237 g/mol. The van der Waals surface area contributed by atoms with Gasteiger partial charge in [0, 0.05) is 18.3 Å². The van der Waals surface area contributed by atoms with E-state index in [9.17, 15) is 12.8 Å². The Hall–Kier alpha value is -0.160. The van der Waals surface area contributed by atoms with E-state index < -0.39 is 22.1 Å². The molecule has 1 fully saturated rings. The van der Waals surface area contributed by atoms with E-state index in [1.54, 1.807) is 0 Å². The highest BCUT2D eigenvalue weighted by molar-refractivity contribution is 7.90. The van der Waals surface area contributed by atoms with Crippen LogP contribution in [0, 0.1) is 0 Å². The van der Waals surface area contributed by atoms with Crippen molar-refractivity contribution in [3.05, 3.63) is 0 Å². The van der Waals surface area contributed by atoms with Crippen LogP contribution in [0.5, 0.6) is 0 Å². The molecule has 5 heteroatoms. The van der Waals surface area contributed by atoms with E-state index in [1.807, 2.05) is 25.7 Å². The minimum absolute atomic E-state index is 0.0727. The SMILES string of the molecule is CC(C)N1C(C)CC(F)C1CS(C)(=O)=O. The summed E-state index contributed by atoms with van der Waals surface area (Å²) in [5.41, 5.74) is 0. The predicted octanol–water partition coefficient (Wildman–Crippen LogP) is 1.24. The summed E-state index contributed by atoms with van der Waals surface area (Å²) in [6, 6.07) is -0.144. The zero-order valence-electron chi connectivity index (χ0n) is 9.77. The Morgan fingerprint density at radius 1 is 1.47 bits per heavy atom. The zero-order chi connectivity index (χ0) is 11.8. The fourth-order valence-electron chi connectivity index (χ4n) is 2.51. The third-order valence-electron chi connectivity index (χ3n) is 2.95. The highest BCUT2D eigenvalue weighted by Crippen LogP contribution is 2.29. The second-order valence-electron chi connectivity index (χ2n) is 4.80. The molecule has 1 saturated heterocycles. The van der Waals surface area contributed by atoms with Crippen LogP contribution in [0.2, 0.25) is 0 Å². The Balaban J connectivity index is 2.84. The quantitative estimate of drug-likeness (QED) is 0.741. The lowest BCUT2D eigenvalue weighted by atomic mass is 10.2. The van der Waals surface area contributed by atoms with Crippen LogP contribution in [0.1, 0.15) is 27.2 Å². The monoisotopic (exact) mass is 237 g/mol. The van der Waals surface area contributed by atoms with Crippen LogP contribution in [-0.2, 0) is 9.84 Å². The molecule has 0 aromatic carbocycles. The van der Waals surface area contributed by atoms with Gasteiger partial charge in [-0.25, -0.2) is 12.8 Å². The third-order valence-corrected chi connectivity index (χ3v) is 3.89. The molecular formula is C10H20FNO2S. The summed E-state index contributed by atoms with van der Waals surface area (Å²) in [4.78, 5) is 1.98. The van der Waals surface area contributed by atoms with Crippen molar-refractivity contribution in [2.75, 3.05) is 12.0 Å². The highest BCUT2D eigenvalue weighted by atomic mass is 32.2. The van der Waals surface area contributed by atoms with Gasteiger partial charge >= 0.3 is 0 Å². The summed E-state index contributed by atoms with van der Waals surface area (Å²) in [5, 5.41) is 0. The van der Waals surface area contributed by atoms with Crippen LogP contribution in [0.3, 0.4) is 0 Å². The number of sulfone groups is 1. The minimum Gasteiger partial charge on any atom is -0.291 e. The predicted molar refractivity (Wildman–Crippen MR) is 59.4 cm³/mol. The first-order valence-corrected chi connectivity index (χ1v) is 7.37. The van der Waals surface area contributed by atoms with E-state index in [1.165, 1.54) is 6.26 Å². The van der Waals surface area contributed by atoms with Crippen LogP contribution >= 0.6 is 0 Å². The minimum atomic E-state index is -3.11. The molecule has 1 aliphatic heterocycles. The summed E-state index contributed by atoms with van der Waals surface area (Å²) >= 11 is 0. The van der Waals surface area contributed by atoms with Gasteiger partial charge in [-0.2, -0.15) is 0 Å². The Labute approximate surface area is 91.6 Å². The lowest BCUT2D eigenvalue weighted by Crippen LogP contribution is -2.45. The van der Waals surface area contributed by atoms with Gasteiger partial charge in [0.15, 0.2) is 0 Å². The van der Waals surface area contributed by atoms with Gasteiger partial charge in [0.05, 0.1) is 11.8 Å². The van der Waals surface area contributed by atoms with Crippen molar-refractivity contribution in [1.82, 2.24) is 4.90 Å². The van der Waals surface area contributed by atoms with Crippen molar-refractivity contribution in [2.24, 2.45) is 0 Å². The third kappa shape index (κ3) is 3.14. The molecule has 90 valence electrons. The van der Waals surface area contributed by atoms with Gasteiger partial charge in [-0.1, -0.05) is 0 Å². The van der Waals surface area contributed by atoms with E-state index in [0.29, 0.717) is 6.42 Å². The molecule has 1 rings (SSSR count). The normalized spacial score (nSPS) is 33.9. The summed E-state index contributed by atoms with van der Waals surface area (Å²) in [6.45, 7) is 5.91. The maximum Gasteiger partial charge on any atom is 0.149 e. The highest BCUT2D eigenvalue weighted by Gasteiger charge is 2.41. The molecule has 15 heavy (non-hydrogen) atoms. The molecule has 0 radical (unpaired) electrons. The van der Waals surface area contributed by atoms with Gasteiger partial charge in [0.1, 0.15) is 16.0 Å². The van der Waals surface area contributed by atoms with Gasteiger partial charge in [-0.3, -0.25) is 4.90 Å². The molecule has 0 saturated carbocycles. The van der Waals surface area contributed by atoms with E-state index in [0.717, 1.165) is 0 Å². The molecule has 3 nitrogen and oxygen atoms in total. The van der Waals surface area contributed by atoms with Crippen LogP contribution < -0.4 is 0 Å². The van der Waals surface area contributed by atoms with Crippen LogP contribution in [0.15, 0.2) is 0 Å². The number of hydrogen-bond donors (Lipinski definition) is 0. The lowest BCUT2D eigenvalue weighted by Gasteiger charge is -2.31. The average Bonchev–Trinajstić information content (AvgIpc) is 2.23. The molecule has 0 aliphatic carbocycles. The van der Waals surface area contributed by atoms with Gasteiger partial charge in [-0.15, -0.1) is 0 Å². The molecular weight excluding hydrogens is 217 g/mol. The largest absolute Gasteiger partial charge is 0.291 e. The Kier molecular flexibility index (Phi) is 3.76. The lowest BCUT2D eigenvalue weighted by molar-refractivity contribution is 0.146. The van der Waals surface area contributed by atoms with Gasteiger partial charge in [-0.05, 0) is 27.2 Å². The van der Waals surface area contributed by atoms with Gasteiger partial charge < -0.3 is 0 Å². The number of rotatable bonds is 3. The number of hydrogen-bond acceptors (Lipinski definition) is 3. The van der Waals surface area contributed by atoms with E-state index in [2.05, 4.69) is 0 Å². The standard InChI is InChI=1S/C10H20FNO2S/c1-7(2)12-8(3)5-9(11)10(12)6-15(4,13)14/h7-10H,5-6H2,1-4H3. The molecule has 3 unspecified atom stereocenters. The van der Waals surface area contributed by atoms with Crippen molar-refractivity contribution in [1.29, 1.82) is 0 Å². The maximum absolute atomic E-state index is 13.7. The van der Waals surface area contributed by atoms with Crippen molar-refractivity contribution in [3.8, 4) is 0 Å². The van der Waals surface area contributed by atoms with Crippen molar-refractivity contribution < 1.29 is 12.8 Å². The number of alkyl halides is 1. The van der Waals surface area contributed by atoms with Crippen LogP contribution in [0.4, 0.5) is 4.39 Å². The molecule has 0 N–H and O–H groups in total. The Morgan fingerprint density at radius 3 is 2.40 bits per heavy atom. The first kappa shape index (κ1) is 12.9. The van der Waals surface area contributed by atoms with Crippen LogP contribution in [-0.4, -0.2) is 49.6 Å². The summed E-state index contributed by atoms with van der Waals surface area (Å²) in [6.07, 6.45) is 0.594. The molecule has 0 amide bonds. The topological polar surface area (TPSA) is 37.4 Å². The molecule has 0 aromatic rings. The second-order valence-corrected chi connectivity index (χ2v) is 6.99. The smallest absolute Gasteiger partial charge is 0.149 e. The van der Waals surface area contributed by atoms with Gasteiger partial charge in [0.25, 0.3) is 0 Å². The molecule has 1 heterocycles. The molecule has 0 spiro atoms. The zero-order valence-corrected chi connectivity index (χ0v) is 10.6. The summed E-state index contributed by atoms with van der Waals surface area (Å²) in [7, 11) is -3.11. The fraction of sp³-hybridized carbons (Fsp3) is 1.00.